The third kappa shape index (κ3) is 9.31. The third-order valence-electron chi connectivity index (χ3n) is 12.6. The molecule has 0 spiro atoms. The van der Waals surface area contributed by atoms with E-state index in [4.69, 9.17) is 0 Å². The van der Waals surface area contributed by atoms with Crippen LogP contribution in [0.4, 0.5) is 51.2 Å². The minimum atomic E-state index is 1.08. The molecule has 69 heavy (non-hydrogen) atoms. The number of rotatable bonds is 13. The highest BCUT2D eigenvalue weighted by Crippen LogP contribution is 2.41. The van der Waals surface area contributed by atoms with Gasteiger partial charge in [-0.15, -0.1) is 0 Å². The van der Waals surface area contributed by atoms with Crippen LogP contribution in [0, 0.1) is 0 Å². The first-order chi connectivity index (χ1) is 34.2. The number of nitrogens with zero attached hydrogens (tertiary/aromatic N) is 3. The van der Waals surface area contributed by atoms with Crippen LogP contribution < -0.4 is 14.7 Å². The lowest BCUT2D eigenvalue weighted by Gasteiger charge is -2.27. The van der Waals surface area contributed by atoms with Crippen molar-refractivity contribution in [1.82, 2.24) is 0 Å². The molecule has 0 aliphatic heterocycles. The second-order valence-corrected chi connectivity index (χ2v) is 17.0. The molecule has 0 aliphatic carbocycles. The van der Waals surface area contributed by atoms with E-state index in [1.807, 2.05) is 0 Å². The van der Waals surface area contributed by atoms with Gasteiger partial charge in [-0.2, -0.15) is 0 Å². The smallest absolute Gasteiger partial charge is 0.0467 e. The average molecular weight is 884 g/mol. The molecule has 0 saturated carbocycles. The number of benzene rings is 11. The van der Waals surface area contributed by atoms with Crippen LogP contribution in [0.3, 0.4) is 0 Å². The molecule has 0 saturated heterocycles. The molecule has 0 fully saturated rings. The predicted molar refractivity (Wildman–Crippen MR) is 292 cm³/mol. The summed E-state index contributed by atoms with van der Waals surface area (Å²) >= 11 is 0. The van der Waals surface area contributed by atoms with Crippen LogP contribution in [0.1, 0.15) is 0 Å². The molecule has 11 rings (SSSR count). The molecular formula is C66H49N3. The normalized spacial score (nSPS) is 10.9. The van der Waals surface area contributed by atoms with Gasteiger partial charge in [-0.1, -0.05) is 182 Å². The largest absolute Gasteiger partial charge is 0.311 e. The minimum Gasteiger partial charge on any atom is -0.311 e. The van der Waals surface area contributed by atoms with Gasteiger partial charge in [0, 0.05) is 51.2 Å². The van der Waals surface area contributed by atoms with Crippen LogP contribution in [0.2, 0.25) is 0 Å². The highest BCUT2D eigenvalue weighted by Gasteiger charge is 2.17. The second-order valence-electron chi connectivity index (χ2n) is 17.0. The minimum absolute atomic E-state index is 1.08. The lowest BCUT2D eigenvalue weighted by molar-refractivity contribution is 1.28. The molecule has 11 aromatic carbocycles. The second kappa shape index (κ2) is 19.7. The Morgan fingerprint density at radius 1 is 0.130 bits per heavy atom. The molecular weight excluding hydrogens is 835 g/mol. The van der Waals surface area contributed by atoms with E-state index in [2.05, 4.69) is 312 Å². The maximum absolute atomic E-state index is 2.36. The number of anilines is 9. The fourth-order valence-electron chi connectivity index (χ4n) is 9.20. The summed E-state index contributed by atoms with van der Waals surface area (Å²) in [6.07, 6.45) is 0. The number of hydrogen-bond acceptors (Lipinski definition) is 3. The summed E-state index contributed by atoms with van der Waals surface area (Å²) < 4.78 is 0. The molecule has 0 bridgehead atoms. The van der Waals surface area contributed by atoms with Gasteiger partial charge in [0.05, 0.1) is 0 Å². The van der Waals surface area contributed by atoms with Crippen molar-refractivity contribution in [2.24, 2.45) is 0 Å². The fourth-order valence-corrected chi connectivity index (χ4v) is 9.20. The van der Waals surface area contributed by atoms with E-state index in [1.165, 1.54) is 27.8 Å². The summed E-state index contributed by atoms with van der Waals surface area (Å²) in [4.78, 5) is 6.95. The van der Waals surface area contributed by atoms with Crippen molar-refractivity contribution >= 4 is 51.2 Å². The summed E-state index contributed by atoms with van der Waals surface area (Å²) in [5.41, 5.74) is 19.3. The van der Waals surface area contributed by atoms with Crippen molar-refractivity contribution in [1.29, 1.82) is 0 Å². The molecule has 0 unspecified atom stereocenters. The van der Waals surface area contributed by atoms with Gasteiger partial charge in [-0.05, 0) is 160 Å². The zero-order valence-electron chi connectivity index (χ0n) is 38.1. The van der Waals surface area contributed by atoms with Crippen molar-refractivity contribution in [3.05, 3.63) is 297 Å². The van der Waals surface area contributed by atoms with Crippen LogP contribution in [-0.2, 0) is 0 Å². The molecule has 0 atom stereocenters. The molecule has 11 aromatic rings. The lowest BCUT2D eigenvalue weighted by atomic mass is 9.98. The third-order valence-corrected chi connectivity index (χ3v) is 12.6. The Bertz CT molecular complexity index is 3300. The first kappa shape index (κ1) is 42.5. The highest BCUT2D eigenvalue weighted by molar-refractivity contribution is 5.85. The Morgan fingerprint density at radius 3 is 0.667 bits per heavy atom. The molecule has 328 valence electrons. The van der Waals surface area contributed by atoms with Gasteiger partial charge in [0.15, 0.2) is 0 Å². The van der Waals surface area contributed by atoms with Crippen molar-refractivity contribution in [3.63, 3.8) is 0 Å². The quantitative estimate of drug-likeness (QED) is 0.114. The van der Waals surface area contributed by atoms with Crippen LogP contribution in [-0.4, -0.2) is 0 Å². The number of para-hydroxylation sites is 4. The summed E-state index contributed by atoms with van der Waals surface area (Å²) in [6.45, 7) is 0. The monoisotopic (exact) mass is 883 g/mol. The van der Waals surface area contributed by atoms with Gasteiger partial charge >= 0.3 is 0 Å². The van der Waals surface area contributed by atoms with Gasteiger partial charge in [-0.3, -0.25) is 0 Å². The van der Waals surface area contributed by atoms with E-state index in [9.17, 15) is 0 Å². The summed E-state index contributed by atoms with van der Waals surface area (Å²) in [5, 5.41) is 0. The zero-order chi connectivity index (χ0) is 46.2. The van der Waals surface area contributed by atoms with Crippen molar-refractivity contribution in [3.8, 4) is 44.5 Å². The van der Waals surface area contributed by atoms with Crippen LogP contribution in [0.5, 0.6) is 0 Å². The molecule has 3 heteroatoms. The first-order valence-corrected chi connectivity index (χ1v) is 23.5. The molecule has 0 aromatic heterocycles. The Labute approximate surface area is 405 Å². The average Bonchev–Trinajstić information content (AvgIpc) is 3.43. The zero-order valence-corrected chi connectivity index (χ0v) is 38.1. The van der Waals surface area contributed by atoms with Gasteiger partial charge in [0.2, 0.25) is 0 Å². The SMILES string of the molecule is c1ccc(-c2ccc(N(c3ccc(-c4cccc(-c5ccc(N(c6ccccc6)c6ccccc6)cc5)c4)cc3)c3cccc(-c4ccc(N(c5ccccc5)c5ccccc5)cc4)c3)cc2)cc1. The van der Waals surface area contributed by atoms with E-state index < -0.39 is 0 Å². The van der Waals surface area contributed by atoms with E-state index in [-0.39, 0.29) is 0 Å². The molecule has 0 aliphatic rings. The standard InChI is InChI=1S/C66H49N3/c1-6-18-50(19-7-1)51-32-40-64(41-33-51)69(66-31-17-22-57(49-66)54-38-44-63(45-39-54)68(60-27-12-4-13-28-60)61-29-14-5-15-30-61)65-46-36-53(37-47-65)56-21-16-20-55(48-56)52-34-42-62(43-35-52)67(58-23-8-2-9-24-58)59-25-10-3-11-26-59/h1-49H. The fraction of sp³-hybridized carbons (Fsp3) is 0. The van der Waals surface area contributed by atoms with Gasteiger partial charge in [-0.25, -0.2) is 0 Å². The van der Waals surface area contributed by atoms with E-state index in [0.29, 0.717) is 0 Å². The molecule has 3 nitrogen and oxygen atoms in total. The highest BCUT2D eigenvalue weighted by atomic mass is 15.2. The summed E-state index contributed by atoms with van der Waals surface area (Å²) in [7, 11) is 0. The Kier molecular flexibility index (Phi) is 12.1. The van der Waals surface area contributed by atoms with Crippen LogP contribution in [0.25, 0.3) is 44.5 Å². The summed E-state index contributed by atoms with van der Waals surface area (Å²) in [5.74, 6) is 0. The maximum atomic E-state index is 2.36. The Morgan fingerprint density at radius 2 is 0.333 bits per heavy atom. The lowest BCUT2D eigenvalue weighted by Crippen LogP contribution is -2.10. The molecule has 0 amide bonds. The molecule has 0 heterocycles. The van der Waals surface area contributed by atoms with Crippen molar-refractivity contribution < 1.29 is 0 Å². The van der Waals surface area contributed by atoms with Gasteiger partial charge in [0.1, 0.15) is 0 Å². The van der Waals surface area contributed by atoms with Gasteiger partial charge < -0.3 is 14.7 Å². The maximum Gasteiger partial charge on any atom is 0.0467 e. The predicted octanol–water partition coefficient (Wildman–Crippen LogP) is 18.8. The molecule has 0 radical (unpaired) electrons. The number of hydrogen-bond donors (Lipinski definition) is 0. The first-order valence-electron chi connectivity index (χ1n) is 23.5. The van der Waals surface area contributed by atoms with E-state index >= 15 is 0 Å². The van der Waals surface area contributed by atoms with Crippen LogP contribution in [0.15, 0.2) is 297 Å². The molecule has 0 N–H and O–H groups in total. The topological polar surface area (TPSA) is 9.72 Å². The Hall–Kier alpha value is -9.18. The Balaban J connectivity index is 0.899. The van der Waals surface area contributed by atoms with Crippen molar-refractivity contribution in [2.45, 2.75) is 0 Å². The summed E-state index contributed by atoms with van der Waals surface area (Å²) in [6, 6.07) is 106. The van der Waals surface area contributed by atoms with Crippen LogP contribution >= 0.6 is 0 Å². The van der Waals surface area contributed by atoms with Gasteiger partial charge in [0.25, 0.3) is 0 Å². The van der Waals surface area contributed by atoms with E-state index in [1.54, 1.807) is 0 Å². The van der Waals surface area contributed by atoms with Crippen molar-refractivity contribution in [2.75, 3.05) is 14.7 Å². The van der Waals surface area contributed by atoms with E-state index in [0.717, 1.165) is 67.9 Å².